The number of fused-ring (bicyclic) bond motifs is 2. The summed E-state index contributed by atoms with van der Waals surface area (Å²) in [7, 11) is 0. The van der Waals surface area contributed by atoms with Crippen molar-refractivity contribution in [3.8, 4) is 0 Å². The van der Waals surface area contributed by atoms with Crippen molar-refractivity contribution in [1.29, 1.82) is 0 Å². The molecule has 0 bridgehead atoms. The van der Waals surface area contributed by atoms with E-state index in [2.05, 4.69) is 5.32 Å². The molecule has 1 aliphatic heterocycles. The van der Waals surface area contributed by atoms with E-state index in [1.165, 1.54) is 18.4 Å². The quantitative estimate of drug-likeness (QED) is 0.491. The Balaban J connectivity index is 1.35. The third kappa shape index (κ3) is 3.30. The van der Waals surface area contributed by atoms with Crippen LogP contribution in [0.4, 0.5) is 0 Å². The second kappa shape index (κ2) is 7.28. The van der Waals surface area contributed by atoms with E-state index < -0.39 is 11.8 Å². The van der Waals surface area contributed by atoms with E-state index in [-0.39, 0.29) is 29.6 Å². The SMILES string of the molecule is CC(NC(=O)c1ccc2c(c1)C(=O)N(Cc1ccco1)C2=O)c1cc2ccccc2o1. The summed E-state index contributed by atoms with van der Waals surface area (Å²) in [6, 6.07) is 17.0. The Bertz CT molecular complexity index is 1290. The maximum atomic E-state index is 12.8. The number of hydrogen-bond donors (Lipinski definition) is 1. The van der Waals surface area contributed by atoms with Crippen LogP contribution in [0.5, 0.6) is 0 Å². The average molecular weight is 414 g/mol. The molecule has 154 valence electrons. The maximum absolute atomic E-state index is 12.8. The van der Waals surface area contributed by atoms with Crippen LogP contribution in [-0.4, -0.2) is 22.6 Å². The van der Waals surface area contributed by atoms with Gasteiger partial charge in [-0.25, -0.2) is 0 Å². The number of carbonyl (C=O) groups excluding carboxylic acids is 3. The van der Waals surface area contributed by atoms with Gasteiger partial charge in [-0.15, -0.1) is 0 Å². The van der Waals surface area contributed by atoms with Gasteiger partial charge >= 0.3 is 0 Å². The predicted octanol–water partition coefficient (Wildman–Crippen LogP) is 4.31. The minimum absolute atomic E-state index is 0.0456. The van der Waals surface area contributed by atoms with Crippen molar-refractivity contribution in [3.63, 3.8) is 0 Å². The smallest absolute Gasteiger partial charge is 0.261 e. The highest BCUT2D eigenvalue weighted by Crippen LogP contribution is 2.27. The molecular formula is C24H18N2O5. The van der Waals surface area contributed by atoms with Crippen molar-refractivity contribution in [2.75, 3.05) is 0 Å². The molecule has 0 fully saturated rings. The van der Waals surface area contributed by atoms with Crippen LogP contribution in [0.15, 0.2) is 75.8 Å². The number of amides is 3. The first kappa shape index (κ1) is 18.9. The highest BCUT2D eigenvalue weighted by Gasteiger charge is 2.36. The Kier molecular flexibility index (Phi) is 4.43. The number of carbonyl (C=O) groups is 3. The van der Waals surface area contributed by atoms with Crippen LogP contribution < -0.4 is 5.32 Å². The van der Waals surface area contributed by atoms with Crippen LogP contribution in [0.25, 0.3) is 11.0 Å². The Morgan fingerprint density at radius 2 is 1.81 bits per heavy atom. The Morgan fingerprint density at radius 1 is 1.00 bits per heavy atom. The second-order valence-electron chi connectivity index (χ2n) is 7.42. The number of para-hydroxylation sites is 1. The third-order valence-corrected chi connectivity index (χ3v) is 5.35. The molecule has 7 nitrogen and oxygen atoms in total. The molecule has 1 N–H and O–H groups in total. The van der Waals surface area contributed by atoms with Crippen molar-refractivity contribution in [3.05, 3.63) is 95.1 Å². The van der Waals surface area contributed by atoms with E-state index in [1.54, 1.807) is 18.2 Å². The summed E-state index contributed by atoms with van der Waals surface area (Å²) >= 11 is 0. The van der Waals surface area contributed by atoms with Crippen molar-refractivity contribution in [2.24, 2.45) is 0 Å². The van der Waals surface area contributed by atoms with Gasteiger partial charge in [-0.2, -0.15) is 0 Å². The lowest BCUT2D eigenvalue weighted by Gasteiger charge is -2.12. The number of furan rings is 2. The Labute approximate surface area is 177 Å². The molecule has 1 unspecified atom stereocenters. The van der Waals surface area contributed by atoms with E-state index in [0.717, 1.165) is 15.9 Å². The summed E-state index contributed by atoms with van der Waals surface area (Å²) < 4.78 is 11.0. The third-order valence-electron chi connectivity index (χ3n) is 5.35. The lowest BCUT2D eigenvalue weighted by Crippen LogP contribution is -2.29. The van der Waals surface area contributed by atoms with Gasteiger partial charge < -0.3 is 14.2 Å². The molecule has 0 saturated heterocycles. The fourth-order valence-corrected chi connectivity index (χ4v) is 3.70. The molecule has 2 aromatic heterocycles. The predicted molar refractivity (Wildman–Crippen MR) is 111 cm³/mol. The summed E-state index contributed by atoms with van der Waals surface area (Å²) in [5.74, 6) is -0.0745. The zero-order valence-electron chi connectivity index (χ0n) is 16.6. The number of nitrogens with zero attached hydrogens (tertiary/aromatic N) is 1. The first-order chi connectivity index (χ1) is 15.0. The van der Waals surface area contributed by atoms with Crippen LogP contribution in [0, 0.1) is 0 Å². The largest absolute Gasteiger partial charge is 0.467 e. The summed E-state index contributed by atoms with van der Waals surface area (Å²) in [5.41, 5.74) is 1.53. The molecule has 5 rings (SSSR count). The zero-order valence-corrected chi connectivity index (χ0v) is 16.6. The number of imide groups is 1. The summed E-state index contributed by atoms with van der Waals surface area (Å²) in [6.07, 6.45) is 1.49. The van der Waals surface area contributed by atoms with Gasteiger partial charge in [0, 0.05) is 10.9 Å². The van der Waals surface area contributed by atoms with Crippen molar-refractivity contribution in [2.45, 2.75) is 19.5 Å². The van der Waals surface area contributed by atoms with Crippen LogP contribution in [-0.2, 0) is 6.54 Å². The molecule has 4 aromatic rings. The topological polar surface area (TPSA) is 92.8 Å². The summed E-state index contributed by atoms with van der Waals surface area (Å²) in [6.45, 7) is 1.87. The average Bonchev–Trinajstić information content (AvgIpc) is 3.49. The van der Waals surface area contributed by atoms with Crippen molar-refractivity contribution in [1.82, 2.24) is 10.2 Å². The lowest BCUT2D eigenvalue weighted by molar-refractivity contribution is 0.0631. The molecule has 3 heterocycles. The van der Waals surface area contributed by atoms with Crippen molar-refractivity contribution >= 4 is 28.7 Å². The van der Waals surface area contributed by atoms with Gasteiger partial charge in [0.1, 0.15) is 17.1 Å². The number of nitrogens with one attached hydrogen (secondary N) is 1. The van der Waals surface area contributed by atoms with Crippen LogP contribution in [0.2, 0.25) is 0 Å². The highest BCUT2D eigenvalue weighted by atomic mass is 16.3. The molecule has 1 atom stereocenters. The second-order valence-corrected chi connectivity index (χ2v) is 7.42. The van der Waals surface area contributed by atoms with Gasteiger partial charge in [0.15, 0.2) is 0 Å². The summed E-state index contributed by atoms with van der Waals surface area (Å²) in [4.78, 5) is 39.3. The van der Waals surface area contributed by atoms with E-state index in [1.807, 2.05) is 37.3 Å². The molecule has 2 aromatic carbocycles. The monoisotopic (exact) mass is 414 g/mol. The highest BCUT2D eigenvalue weighted by molar-refractivity contribution is 6.22. The molecule has 0 radical (unpaired) electrons. The van der Waals surface area contributed by atoms with Gasteiger partial charge in [-0.05, 0) is 49.4 Å². The van der Waals surface area contributed by atoms with Gasteiger partial charge in [-0.1, -0.05) is 18.2 Å². The molecule has 0 aliphatic carbocycles. The normalized spacial score (nSPS) is 14.2. The van der Waals surface area contributed by atoms with Gasteiger partial charge in [0.25, 0.3) is 17.7 Å². The molecule has 0 spiro atoms. The molecular weight excluding hydrogens is 396 g/mol. The molecule has 3 amide bonds. The first-order valence-electron chi connectivity index (χ1n) is 9.83. The van der Waals surface area contributed by atoms with Crippen LogP contribution in [0.1, 0.15) is 55.6 Å². The van der Waals surface area contributed by atoms with Crippen LogP contribution >= 0.6 is 0 Å². The van der Waals surface area contributed by atoms with Crippen molar-refractivity contribution < 1.29 is 23.2 Å². The standard InChI is InChI=1S/C24H18N2O5/c1-14(21-12-15-5-2-3-7-20(15)31-21)25-22(27)16-8-9-18-19(11-16)24(29)26(23(18)28)13-17-6-4-10-30-17/h2-12,14H,13H2,1H3,(H,25,27). The molecule has 1 aliphatic rings. The zero-order chi connectivity index (χ0) is 21.5. The maximum Gasteiger partial charge on any atom is 0.261 e. The van der Waals surface area contributed by atoms with Gasteiger partial charge in [-0.3, -0.25) is 19.3 Å². The summed E-state index contributed by atoms with van der Waals surface area (Å²) in [5, 5.41) is 3.84. The molecule has 0 saturated carbocycles. The van der Waals surface area contributed by atoms with E-state index in [0.29, 0.717) is 17.1 Å². The van der Waals surface area contributed by atoms with Crippen LogP contribution in [0.3, 0.4) is 0 Å². The van der Waals surface area contributed by atoms with E-state index >= 15 is 0 Å². The Morgan fingerprint density at radius 3 is 2.58 bits per heavy atom. The fourth-order valence-electron chi connectivity index (χ4n) is 3.70. The van der Waals surface area contributed by atoms with Gasteiger partial charge in [0.05, 0.1) is 30.0 Å². The van der Waals surface area contributed by atoms with E-state index in [4.69, 9.17) is 8.83 Å². The fraction of sp³-hybridized carbons (Fsp3) is 0.125. The van der Waals surface area contributed by atoms with Gasteiger partial charge in [0.2, 0.25) is 0 Å². The minimum atomic E-state index is -0.448. The van der Waals surface area contributed by atoms with E-state index in [9.17, 15) is 14.4 Å². The molecule has 31 heavy (non-hydrogen) atoms. The number of rotatable bonds is 5. The first-order valence-corrected chi connectivity index (χ1v) is 9.83. The number of hydrogen-bond acceptors (Lipinski definition) is 5. The number of benzene rings is 2. The Hall–Kier alpha value is -4.13. The molecule has 7 heteroatoms. The minimum Gasteiger partial charge on any atom is -0.467 e. The lowest BCUT2D eigenvalue weighted by atomic mass is 10.0.